The molecule has 2 aromatic heterocycles. The predicted octanol–water partition coefficient (Wildman–Crippen LogP) is 2.92. The van der Waals surface area contributed by atoms with Crippen molar-refractivity contribution in [2.75, 3.05) is 0 Å². The molecule has 0 saturated heterocycles. The van der Waals surface area contributed by atoms with Gasteiger partial charge in [0, 0.05) is 12.1 Å². The summed E-state index contributed by atoms with van der Waals surface area (Å²) in [5.74, 6) is 0.273. The molecule has 0 unspecified atom stereocenters. The van der Waals surface area contributed by atoms with E-state index in [0.29, 0.717) is 4.60 Å². The van der Waals surface area contributed by atoms with E-state index in [4.69, 9.17) is 5.11 Å². The van der Waals surface area contributed by atoms with Gasteiger partial charge in [0.15, 0.2) is 0 Å². The van der Waals surface area contributed by atoms with Crippen LogP contribution in [0.4, 0.5) is 0 Å². The van der Waals surface area contributed by atoms with Gasteiger partial charge in [0.2, 0.25) is 0 Å². The molecule has 0 radical (unpaired) electrons. The van der Waals surface area contributed by atoms with Crippen LogP contribution in [0.1, 0.15) is 35.9 Å². The summed E-state index contributed by atoms with van der Waals surface area (Å²) in [6, 6.07) is 3.20. The molecule has 0 aliphatic carbocycles. The number of hydrogen-bond acceptors (Lipinski definition) is 2. The molecule has 1 N–H and O–H groups in total. The van der Waals surface area contributed by atoms with Crippen LogP contribution >= 0.6 is 15.9 Å². The summed E-state index contributed by atoms with van der Waals surface area (Å²) in [5, 5.41) is 8.91. The highest BCUT2D eigenvalue weighted by atomic mass is 79.9. The summed E-state index contributed by atoms with van der Waals surface area (Å²) in [6.45, 7) is 4.10. The fourth-order valence-electron chi connectivity index (χ4n) is 1.61. The van der Waals surface area contributed by atoms with Crippen LogP contribution in [0.2, 0.25) is 0 Å². The van der Waals surface area contributed by atoms with Crippen LogP contribution < -0.4 is 0 Å². The molecule has 2 aromatic rings. The number of rotatable bonds is 2. The number of halogens is 1. The maximum Gasteiger partial charge on any atom is 0.335 e. The van der Waals surface area contributed by atoms with Gasteiger partial charge in [-0.15, -0.1) is 0 Å². The van der Waals surface area contributed by atoms with Crippen LogP contribution in [0, 0.1) is 0 Å². The molecule has 16 heavy (non-hydrogen) atoms. The number of fused-ring (bicyclic) bond motifs is 1. The molecule has 0 aliphatic rings. The number of aromatic carboxylic acids is 1. The highest BCUT2D eigenvalue weighted by Crippen LogP contribution is 2.24. The van der Waals surface area contributed by atoms with E-state index in [1.807, 2.05) is 18.2 Å². The molecule has 0 aliphatic heterocycles. The minimum Gasteiger partial charge on any atom is -0.478 e. The van der Waals surface area contributed by atoms with Crippen molar-refractivity contribution < 1.29 is 9.90 Å². The Bertz CT molecular complexity index is 560. The Kier molecular flexibility index (Phi) is 2.71. The lowest BCUT2D eigenvalue weighted by Crippen LogP contribution is -2.00. The summed E-state index contributed by atoms with van der Waals surface area (Å²) < 4.78 is 2.58. The van der Waals surface area contributed by atoms with Crippen molar-refractivity contribution in [2.24, 2.45) is 0 Å². The fraction of sp³-hybridized carbons (Fsp3) is 0.273. The number of imidazole rings is 1. The third-order valence-electron chi connectivity index (χ3n) is 2.39. The first-order valence-corrected chi connectivity index (χ1v) is 5.71. The SMILES string of the molecule is CC(C)c1nc(Br)c2cc(C(=O)O)ccn12. The zero-order chi connectivity index (χ0) is 11.9. The van der Waals surface area contributed by atoms with Gasteiger partial charge in [0.05, 0.1) is 11.1 Å². The van der Waals surface area contributed by atoms with Crippen LogP contribution in [0.3, 0.4) is 0 Å². The second-order valence-electron chi connectivity index (χ2n) is 3.89. The number of carboxylic acids is 1. The average molecular weight is 283 g/mol. The summed E-state index contributed by atoms with van der Waals surface area (Å²) in [5.41, 5.74) is 1.05. The third kappa shape index (κ3) is 1.71. The van der Waals surface area contributed by atoms with Gasteiger partial charge in [-0.25, -0.2) is 9.78 Å². The van der Waals surface area contributed by atoms with Gasteiger partial charge in [-0.05, 0) is 28.1 Å². The number of carbonyl (C=O) groups is 1. The molecule has 0 saturated carbocycles. The molecular weight excluding hydrogens is 272 g/mol. The lowest BCUT2D eigenvalue weighted by Gasteiger charge is -2.04. The van der Waals surface area contributed by atoms with Gasteiger partial charge in [-0.2, -0.15) is 0 Å². The van der Waals surface area contributed by atoms with Crippen LogP contribution in [-0.4, -0.2) is 20.5 Å². The number of pyridine rings is 1. The number of carboxylic acid groups (broad SMARTS) is 1. The number of nitrogens with zero attached hydrogens (tertiary/aromatic N) is 2. The first kappa shape index (κ1) is 11.1. The number of hydrogen-bond donors (Lipinski definition) is 1. The van der Waals surface area contributed by atoms with Crippen LogP contribution in [0.5, 0.6) is 0 Å². The molecule has 84 valence electrons. The Morgan fingerprint density at radius 3 is 2.81 bits per heavy atom. The van der Waals surface area contributed by atoms with E-state index in [0.717, 1.165) is 11.3 Å². The topological polar surface area (TPSA) is 54.6 Å². The van der Waals surface area contributed by atoms with Gasteiger partial charge in [-0.1, -0.05) is 13.8 Å². The minimum absolute atomic E-state index is 0.267. The van der Waals surface area contributed by atoms with Crippen LogP contribution in [0.25, 0.3) is 5.52 Å². The molecule has 2 rings (SSSR count). The Morgan fingerprint density at radius 1 is 1.56 bits per heavy atom. The quantitative estimate of drug-likeness (QED) is 0.922. The average Bonchev–Trinajstić information content (AvgIpc) is 2.56. The van der Waals surface area contributed by atoms with Gasteiger partial charge in [0.1, 0.15) is 10.4 Å². The Morgan fingerprint density at radius 2 is 2.25 bits per heavy atom. The lowest BCUT2D eigenvalue weighted by atomic mass is 10.2. The van der Waals surface area contributed by atoms with Crippen LogP contribution in [0.15, 0.2) is 22.9 Å². The van der Waals surface area contributed by atoms with E-state index < -0.39 is 5.97 Å². The largest absolute Gasteiger partial charge is 0.478 e. The van der Waals surface area contributed by atoms with Crippen molar-refractivity contribution in [3.05, 3.63) is 34.3 Å². The van der Waals surface area contributed by atoms with Crippen molar-refractivity contribution in [1.29, 1.82) is 0 Å². The molecule has 0 fully saturated rings. The third-order valence-corrected chi connectivity index (χ3v) is 2.97. The van der Waals surface area contributed by atoms with Gasteiger partial charge in [-0.3, -0.25) is 0 Å². The van der Waals surface area contributed by atoms with E-state index >= 15 is 0 Å². The van der Waals surface area contributed by atoms with Gasteiger partial charge >= 0.3 is 5.97 Å². The van der Waals surface area contributed by atoms with Gasteiger partial charge < -0.3 is 9.51 Å². The molecule has 0 amide bonds. The second-order valence-corrected chi connectivity index (χ2v) is 4.64. The minimum atomic E-state index is -0.929. The lowest BCUT2D eigenvalue weighted by molar-refractivity contribution is 0.0697. The van der Waals surface area contributed by atoms with E-state index in [1.54, 1.807) is 18.3 Å². The normalized spacial score (nSPS) is 11.2. The van der Waals surface area contributed by atoms with Gasteiger partial charge in [0.25, 0.3) is 0 Å². The number of aromatic nitrogens is 2. The van der Waals surface area contributed by atoms with Crippen molar-refractivity contribution in [3.63, 3.8) is 0 Å². The van der Waals surface area contributed by atoms with E-state index in [-0.39, 0.29) is 11.5 Å². The zero-order valence-corrected chi connectivity index (χ0v) is 10.5. The molecule has 0 spiro atoms. The van der Waals surface area contributed by atoms with E-state index in [2.05, 4.69) is 20.9 Å². The van der Waals surface area contributed by atoms with Crippen molar-refractivity contribution in [3.8, 4) is 0 Å². The standard InChI is InChI=1S/C11H11BrN2O2/c1-6(2)10-13-9(12)8-5-7(11(15)16)3-4-14(8)10/h3-6H,1-2H3,(H,15,16). The molecule has 5 heteroatoms. The molecule has 2 heterocycles. The molecular formula is C11H11BrN2O2. The van der Waals surface area contributed by atoms with Crippen molar-refractivity contribution in [1.82, 2.24) is 9.38 Å². The fourth-order valence-corrected chi connectivity index (χ4v) is 2.10. The highest BCUT2D eigenvalue weighted by Gasteiger charge is 2.13. The maximum absolute atomic E-state index is 10.9. The van der Waals surface area contributed by atoms with Crippen molar-refractivity contribution in [2.45, 2.75) is 19.8 Å². The Labute approximate surface area is 101 Å². The smallest absolute Gasteiger partial charge is 0.335 e. The summed E-state index contributed by atoms with van der Waals surface area (Å²) in [7, 11) is 0. The van der Waals surface area contributed by atoms with E-state index in [1.165, 1.54) is 0 Å². The molecule has 0 aromatic carbocycles. The Hall–Kier alpha value is -1.36. The monoisotopic (exact) mass is 282 g/mol. The second kappa shape index (κ2) is 3.90. The first-order chi connectivity index (χ1) is 7.50. The summed E-state index contributed by atoms with van der Waals surface area (Å²) >= 11 is 3.34. The summed E-state index contributed by atoms with van der Waals surface area (Å²) in [6.07, 6.45) is 1.74. The highest BCUT2D eigenvalue weighted by molar-refractivity contribution is 9.10. The molecule has 4 nitrogen and oxygen atoms in total. The maximum atomic E-state index is 10.9. The zero-order valence-electron chi connectivity index (χ0n) is 8.94. The first-order valence-electron chi connectivity index (χ1n) is 4.91. The molecule has 0 bridgehead atoms. The van der Waals surface area contributed by atoms with Crippen molar-refractivity contribution >= 4 is 27.4 Å². The summed E-state index contributed by atoms with van der Waals surface area (Å²) in [4.78, 5) is 15.2. The van der Waals surface area contributed by atoms with Crippen LogP contribution in [-0.2, 0) is 0 Å². The molecule has 0 atom stereocenters. The van der Waals surface area contributed by atoms with E-state index in [9.17, 15) is 4.79 Å². The predicted molar refractivity (Wildman–Crippen MR) is 63.9 cm³/mol. The Balaban J connectivity index is 2.71.